The maximum atomic E-state index is 10.7. The number of aliphatic carboxylic acids is 1. The van der Waals surface area contributed by atoms with E-state index in [1.807, 2.05) is 13.8 Å². The zero-order valence-electron chi connectivity index (χ0n) is 8.33. The van der Waals surface area contributed by atoms with Crippen molar-refractivity contribution in [2.24, 2.45) is 5.92 Å². The number of carbonyl (C=O) groups excluding carboxylic acids is 1. The van der Waals surface area contributed by atoms with E-state index in [2.05, 4.69) is 5.32 Å². The second-order valence-electron chi connectivity index (χ2n) is 3.60. The fourth-order valence-corrected chi connectivity index (χ4v) is 1.01. The van der Waals surface area contributed by atoms with Crippen molar-refractivity contribution in [2.75, 3.05) is 6.54 Å². The summed E-state index contributed by atoms with van der Waals surface area (Å²) in [4.78, 5) is 21.3. The lowest BCUT2D eigenvalue weighted by Crippen LogP contribution is -2.40. The summed E-state index contributed by atoms with van der Waals surface area (Å²) >= 11 is 0. The van der Waals surface area contributed by atoms with E-state index in [9.17, 15) is 9.59 Å². The first kappa shape index (κ1) is 12.1. The van der Waals surface area contributed by atoms with Crippen LogP contribution in [0.4, 0.5) is 0 Å². The zero-order valence-corrected chi connectivity index (χ0v) is 8.33. The topological polar surface area (TPSA) is 66.4 Å². The minimum absolute atomic E-state index is 0.0463. The number of hydrogen-bond donors (Lipinski definition) is 2. The third kappa shape index (κ3) is 6.28. The number of carbonyl (C=O) groups is 2. The molecule has 4 nitrogen and oxygen atoms in total. The van der Waals surface area contributed by atoms with Gasteiger partial charge in [0.1, 0.15) is 11.8 Å². The highest BCUT2D eigenvalue weighted by Gasteiger charge is 2.17. The van der Waals surface area contributed by atoms with Gasteiger partial charge in [-0.05, 0) is 19.3 Å². The molecule has 0 aromatic rings. The van der Waals surface area contributed by atoms with Gasteiger partial charge < -0.3 is 5.11 Å². The van der Waals surface area contributed by atoms with Crippen molar-refractivity contribution in [2.45, 2.75) is 33.2 Å². The van der Waals surface area contributed by atoms with Crippen LogP contribution < -0.4 is 5.32 Å². The molecule has 0 bridgehead atoms. The second kappa shape index (κ2) is 5.70. The molecular weight excluding hydrogens is 170 g/mol. The van der Waals surface area contributed by atoms with Gasteiger partial charge >= 0.3 is 5.97 Å². The van der Waals surface area contributed by atoms with Crippen LogP contribution in [0.5, 0.6) is 0 Å². The molecule has 0 aliphatic carbocycles. The minimum atomic E-state index is -0.894. The van der Waals surface area contributed by atoms with Crippen molar-refractivity contribution in [1.82, 2.24) is 5.32 Å². The molecule has 0 aliphatic rings. The standard InChI is InChI=1S/C9H17NO3/c1-6(2)4-8(9(12)13)10-5-7(3)11/h6,8,10H,4-5H2,1-3H3,(H,12,13)/t8-/m0/s1. The number of ketones is 1. The Balaban J connectivity index is 3.95. The zero-order chi connectivity index (χ0) is 10.4. The van der Waals surface area contributed by atoms with Crippen LogP contribution in [0.3, 0.4) is 0 Å². The van der Waals surface area contributed by atoms with Crippen LogP contribution in [0.25, 0.3) is 0 Å². The summed E-state index contributed by atoms with van der Waals surface area (Å²) in [7, 11) is 0. The van der Waals surface area contributed by atoms with Crippen LogP contribution in [0.1, 0.15) is 27.2 Å². The Bertz CT molecular complexity index is 189. The van der Waals surface area contributed by atoms with E-state index in [0.717, 1.165) is 0 Å². The summed E-state index contributed by atoms with van der Waals surface area (Å²) < 4.78 is 0. The second-order valence-corrected chi connectivity index (χ2v) is 3.60. The van der Waals surface area contributed by atoms with E-state index in [1.165, 1.54) is 6.92 Å². The lowest BCUT2D eigenvalue weighted by atomic mass is 10.0. The molecule has 0 aromatic carbocycles. The summed E-state index contributed by atoms with van der Waals surface area (Å²) in [6, 6.07) is -0.608. The van der Waals surface area contributed by atoms with Gasteiger partial charge in [-0.25, -0.2) is 0 Å². The first-order valence-electron chi connectivity index (χ1n) is 4.39. The minimum Gasteiger partial charge on any atom is -0.480 e. The Hall–Kier alpha value is -0.900. The fraction of sp³-hybridized carbons (Fsp3) is 0.778. The van der Waals surface area contributed by atoms with E-state index in [-0.39, 0.29) is 12.3 Å². The largest absolute Gasteiger partial charge is 0.480 e. The molecule has 2 N–H and O–H groups in total. The molecule has 0 rings (SSSR count). The fourth-order valence-electron chi connectivity index (χ4n) is 1.01. The Morgan fingerprint density at radius 1 is 1.38 bits per heavy atom. The lowest BCUT2D eigenvalue weighted by molar-refractivity contribution is -0.139. The van der Waals surface area contributed by atoms with Gasteiger partial charge in [0, 0.05) is 0 Å². The van der Waals surface area contributed by atoms with Gasteiger partial charge in [-0.1, -0.05) is 13.8 Å². The maximum Gasteiger partial charge on any atom is 0.320 e. The lowest BCUT2D eigenvalue weighted by Gasteiger charge is -2.15. The molecule has 0 fully saturated rings. The molecule has 0 saturated heterocycles. The number of hydrogen-bond acceptors (Lipinski definition) is 3. The smallest absolute Gasteiger partial charge is 0.320 e. The number of carboxylic acid groups (broad SMARTS) is 1. The Kier molecular flexibility index (Phi) is 5.30. The molecule has 4 heteroatoms. The summed E-state index contributed by atoms with van der Waals surface area (Å²) in [6.45, 7) is 5.46. The first-order chi connectivity index (χ1) is 5.93. The highest BCUT2D eigenvalue weighted by atomic mass is 16.4. The predicted octanol–water partition coefficient (Wildman–Crippen LogP) is 0.664. The van der Waals surface area contributed by atoms with Crippen molar-refractivity contribution < 1.29 is 14.7 Å². The summed E-state index contributed by atoms with van der Waals surface area (Å²) in [5, 5.41) is 11.5. The highest BCUT2D eigenvalue weighted by molar-refractivity contribution is 5.79. The van der Waals surface area contributed by atoms with Gasteiger partial charge in [0.25, 0.3) is 0 Å². The van der Waals surface area contributed by atoms with Gasteiger partial charge in [0.2, 0.25) is 0 Å². The molecule has 0 saturated carbocycles. The van der Waals surface area contributed by atoms with E-state index < -0.39 is 12.0 Å². The van der Waals surface area contributed by atoms with Gasteiger partial charge in [-0.2, -0.15) is 0 Å². The Morgan fingerprint density at radius 3 is 2.23 bits per heavy atom. The van der Waals surface area contributed by atoms with Gasteiger partial charge in [-0.3, -0.25) is 14.9 Å². The molecule has 0 radical (unpaired) electrons. The van der Waals surface area contributed by atoms with Crippen LogP contribution in [0, 0.1) is 5.92 Å². The normalized spacial score (nSPS) is 12.9. The van der Waals surface area contributed by atoms with Crippen LogP contribution in [-0.2, 0) is 9.59 Å². The molecule has 76 valence electrons. The molecule has 0 unspecified atom stereocenters. The average Bonchev–Trinajstić information content (AvgIpc) is 1.96. The molecule has 0 heterocycles. The monoisotopic (exact) mass is 187 g/mol. The molecular formula is C9H17NO3. The van der Waals surface area contributed by atoms with Crippen molar-refractivity contribution in [3.05, 3.63) is 0 Å². The van der Waals surface area contributed by atoms with Gasteiger partial charge in [0.15, 0.2) is 0 Å². The number of carboxylic acids is 1. The Labute approximate surface area is 78.3 Å². The number of Topliss-reactive ketones (excluding diaryl/α,β-unsaturated/α-hetero) is 1. The highest BCUT2D eigenvalue weighted by Crippen LogP contribution is 2.04. The average molecular weight is 187 g/mol. The van der Waals surface area contributed by atoms with E-state index in [0.29, 0.717) is 12.3 Å². The molecule has 1 atom stereocenters. The van der Waals surface area contributed by atoms with Crippen LogP contribution in [-0.4, -0.2) is 29.4 Å². The van der Waals surface area contributed by atoms with Gasteiger partial charge in [0.05, 0.1) is 6.54 Å². The summed E-state index contributed by atoms with van der Waals surface area (Å²) in [5.74, 6) is -0.634. The maximum absolute atomic E-state index is 10.7. The van der Waals surface area contributed by atoms with Gasteiger partial charge in [-0.15, -0.1) is 0 Å². The van der Waals surface area contributed by atoms with E-state index in [4.69, 9.17) is 5.11 Å². The molecule has 0 amide bonds. The first-order valence-corrected chi connectivity index (χ1v) is 4.39. The van der Waals surface area contributed by atoms with Crippen LogP contribution in [0.15, 0.2) is 0 Å². The third-order valence-electron chi connectivity index (χ3n) is 1.60. The third-order valence-corrected chi connectivity index (χ3v) is 1.60. The number of rotatable bonds is 6. The van der Waals surface area contributed by atoms with Crippen LogP contribution >= 0.6 is 0 Å². The van der Waals surface area contributed by atoms with Crippen LogP contribution in [0.2, 0.25) is 0 Å². The van der Waals surface area contributed by atoms with Crippen molar-refractivity contribution in [3.63, 3.8) is 0 Å². The summed E-state index contributed by atoms with van der Waals surface area (Å²) in [5.41, 5.74) is 0. The van der Waals surface area contributed by atoms with Crippen molar-refractivity contribution in [1.29, 1.82) is 0 Å². The SMILES string of the molecule is CC(=O)CN[C@@H](CC(C)C)C(=O)O. The summed E-state index contributed by atoms with van der Waals surface area (Å²) in [6.07, 6.45) is 0.544. The number of nitrogens with one attached hydrogen (secondary N) is 1. The molecule has 0 spiro atoms. The predicted molar refractivity (Wildman–Crippen MR) is 49.6 cm³/mol. The van der Waals surface area contributed by atoms with Crippen molar-refractivity contribution in [3.8, 4) is 0 Å². The van der Waals surface area contributed by atoms with Crippen molar-refractivity contribution >= 4 is 11.8 Å². The van der Waals surface area contributed by atoms with E-state index in [1.54, 1.807) is 0 Å². The van der Waals surface area contributed by atoms with E-state index >= 15 is 0 Å². The molecule has 0 aliphatic heterocycles. The Morgan fingerprint density at radius 2 is 1.92 bits per heavy atom. The molecule has 0 aromatic heterocycles. The molecule has 13 heavy (non-hydrogen) atoms. The quantitative estimate of drug-likeness (QED) is 0.641.